The van der Waals surface area contributed by atoms with Crippen molar-refractivity contribution < 1.29 is 14.3 Å². The Balaban J connectivity index is 0.00000363. The van der Waals surface area contributed by atoms with E-state index < -0.39 is 0 Å². The van der Waals surface area contributed by atoms with E-state index in [0.29, 0.717) is 28.5 Å². The highest BCUT2D eigenvalue weighted by Gasteiger charge is 2.24. The third-order valence-corrected chi connectivity index (χ3v) is 7.08. The van der Waals surface area contributed by atoms with Gasteiger partial charge in [0.15, 0.2) is 5.13 Å². The minimum absolute atomic E-state index is 0. The zero-order valence-electron chi connectivity index (χ0n) is 19.1. The summed E-state index contributed by atoms with van der Waals surface area (Å²) in [6.07, 6.45) is 2.02. The van der Waals surface area contributed by atoms with Gasteiger partial charge in [-0.3, -0.25) is 9.69 Å². The van der Waals surface area contributed by atoms with Gasteiger partial charge in [0.1, 0.15) is 21.7 Å². The molecule has 9 heteroatoms. The van der Waals surface area contributed by atoms with E-state index in [-0.39, 0.29) is 18.3 Å². The summed E-state index contributed by atoms with van der Waals surface area (Å²) in [6, 6.07) is 11.4. The molecule has 174 valence electrons. The van der Waals surface area contributed by atoms with Crippen molar-refractivity contribution in [3.63, 3.8) is 0 Å². The number of hydrogen-bond donors (Lipinski definition) is 0. The van der Waals surface area contributed by atoms with E-state index in [2.05, 4.69) is 18.7 Å². The fourth-order valence-corrected chi connectivity index (χ4v) is 4.85. The second-order valence-corrected chi connectivity index (χ2v) is 8.71. The summed E-state index contributed by atoms with van der Waals surface area (Å²) in [4.78, 5) is 23.5. The molecule has 32 heavy (non-hydrogen) atoms. The Morgan fingerprint density at radius 3 is 2.19 bits per heavy atom. The zero-order valence-corrected chi connectivity index (χ0v) is 21.5. The lowest BCUT2D eigenvalue weighted by atomic mass is 10.2. The molecule has 0 N–H and O–H groups in total. The number of anilines is 1. The van der Waals surface area contributed by atoms with Crippen LogP contribution >= 0.6 is 35.5 Å². The number of thiazole rings is 1. The first-order valence-corrected chi connectivity index (χ1v) is 12.3. The lowest BCUT2D eigenvalue weighted by Crippen LogP contribution is -2.38. The van der Waals surface area contributed by atoms with E-state index in [9.17, 15) is 4.79 Å². The van der Waals surface area contributed by atoms with Crippen LogP contribution < -0.4 is 14.4 Å². The van der Waals surface area contributed by atoms with Gasteiger partial charge in [0.25, 0.3) is 5.91 Å². The van der Waals surface area contributed by atoms with Crippen LogP contribution in [0.5, 0.6) is 11.5 Å². The minimum atomic E-state index is -0.0585. The maximum atomic E-state index is 13.5. The SMILES string of the molecule is CCN(CC)CCN(C(=O)c1ccc(SC)cc1)c1nc2c(OC)ccc(OC)c2s1.Cl. The highest BCUT2D eigenvalue weighted by molar-refractivity contribution is 7.98. The Morgan fingerprint density at radius 1 is 1.00 bits per heavy atom. The number of aromatic nitrogens is 1. The van der Waals surface area contributed by atoms with E-state index >= 15 is 0 Å². The number of benzene rings is 2. The van der Waals surface area contributed by atoms with Gasteiger partial charge < -0.3 is 14.4 Å². The number of hydrogen-bond acceptors (Lipinski definition) is 7. The maximum Gasteiger partial charge on any atom is 0.260 e. The molecule has 3 rings (SSSR count). The van der Waals surface area contributed by atoms with Gasteiger partial charge in [0, 0.05) is 23.5 Å². The van der Waals surface area contributed by atoms with Crippen LogP contribution in [-0.4, -0.2) is 62.4 Å². The van der Waals surface area contributed by atoms with E-state index in [0.717, 1.165) is 35.0 Å². The van der Waals surface area contributed by atoms with E-state index in [4.69, 9.17) is 14.5 Å². The molecular weight excluding hydrogens is 466 g/mol. The Hall–Kier alpha value is -2.00. The predicted octanol–water partition coefficient (Wildman–Crippen LogP) is 5.45. The number of methoxy groups -OCH3 is 2. The number of nitrogens with zero attached hydrogens (tertiary/aromatic N) is 3. The van der Waals surface area contributed by atoms with Crippen molar-refractivity contribution >= 4 is 56.8 Å². The van der Waals surface area contributed by atoms with Crippen LogP contribution in [0.15, 0.2) is 41.3 Å². The molecule has 0 aliphatic rings. The molecule has 3 aromatic rings. The van der Waals surface area contributed by atoms with Crippen LogP contribution in [0.3, 0.4) is 0 Å². The normalized spacial score (nSPS) is 10.8. The number of halogens is 1. The van der Waals surface area contributed by atoms with E-state index in [1.54, 1.807) is 30.9 Å². The lowest BCUT2D eigenvalue weighted by Gasteiger charge is -2.24. The molecule has 1 heterocycles. The summed E-state index contributed by atoms with van der Waals surface area (Å²) in [5, 5.41) is 0.642. The number of thioether (sulfide) groups is 1. The van der Waals surface area contributed by atoms with Crippen LogP contribution in [0.4, 0.5) is 5.13 Å². The lowest BCUT2D eigenvalue weighted by molar-refractivity contribution is 0.0983. The molecule has 0 fully saturated rings. The average Bonchev–Trinajstić information content (AvgIpc) is 3.26. The van der Waals surface area contributed by atoms with Crippen molar-refractivity contribution in [3.8, 4) is 11.5 Å². The Kier molecular flexibility index (Phi) is 10.1. The quantitative estimate of drug-likeness (QED) is 0.349. The summed E-state index contributed by atoms with van der Waals surface area (Å²) in [5.74, 6) is 1.33. The number of likely N-dealkylation sites (N-methyl/N-ethyl adjacent to an activating group) is 1. The number of fused-ring (bicyclic) bond motifs is 1. The average molecular weight is 496 g/mol. The molecule has 1 aromatic heterocycles. The summed E-state index contributed by atoms with van der Waals surface area (Å²) >= 11 is 3.11. The van der Waals surface area contributed by atoms with E-state index in [1.807, 2.05) is 42.7 Å². The van der Waals surface area contributed by atoms with Crippen molar-refractivity contribution in [3.05, 3.63) is 42.0 Å². The Bertz CT molecular complexity index is 982. The molecule has 0 radical (unpaired) electrons. The largest absolute Gasteiger partial charge is 0.495 e. The fourth-order valence-electron chi connectivity index (χ4n) is 3.34. The van der Waals surface area contributed by atoms with Crippen LogP contribution in [0.25, 0.3) is 10.2 Å². The topological polar surface area (TPSA) is 54.9 Å². The molecular formula is C23H30ClN3O3S2. The highest BCUT2D eigenvalue weighted by Crippen LogP contribution is 2.40. The number of carbonyl (C=O) groups is 1. The van der Waals surface area contributed by atoms with Crippen molar-refractivity contribution in [2.75, 3.05) is 51.6 Å². The number of rotatable bonds is 10. The Morgan fingerprint density at radius 2 is 1.62 bits per heavy atom. The van der Waals surface area contributed by atoms with Crippen molar-refractivity contribution in [1.82, 2.24) is 9.88 Å². The molecule has 0 bridgehead atoms. The Labute approximate surface area is 204 Å². The molecule has 0 aliphatic carbocycles. The highest BCUT2D eigenvalue weighted by atomic mass is 35.5. The summed E-state index contributed by atoms with van der Waals surface area (Å²) in [7, 11) is 3.26. The fraction of sp³-hybridized carbons (Fsp3) is 0.391. The standard InChI is InChI=1S/C23H29N3O3S2.ClH/c1-6-25(7-2)14-15-26(22(27)16-8-10-17(30-5)11-9-16)23-24-20-18(28-3)12-13-19(29-4)21(20)31-23;/h8-13H,6-7,14-15H2,1-5H3;1H. The molecule has 0 saturated heterocycles. The van der Waals surface area contributed by atoms with Crippen molar-refractivity contribution in [2.45, 2.75) is 18.7 Å². The van der Waals surface area contributed by atoms with Crippen molar-refractivity contribution in [1.29, 1.82) is 0 Å². The summed E-state index contributed by atoms with van der Waals surface area (Å²) in [5.41, 5.74) is 1.36. The third kappa shape index (κ3) is 5.67. The van der Waals surface area contributed by atoms with Gasteiger partial charge in [-0.2, -0.15) is 0 Å². The van der Waals surface area contributed by atoms with Crippen LogP contribution in [0.1, 0.15) is 24.2 Å². The predicted molar refractivity (Wildman–Crippen MR) is 138 cm³/mol. The van der Waals surface area contributed by atoms with Gasteiger partial charge in [-0.15, -0.1) is 24.2 Å². The zero-order chi connectivity index (χ0) is 22.4. The molecule has 0 unspecified atom stereocenters. The molecule has 0 saturated carbocycles. The van der Waals surface area contributed by atoms with Crippen LogP contribution in [0.2, 0.25) is 0 Å². The molecule has 1 amide bonds. The molecule has 2 aromatic carbocycles. The van der Waals surface area contributed by atoms with Gasteiger partial charge in [0.2, 0.25) is 0 Å². The van der Waals surface area contributed by atoms with Gasteiger partial charge in [0.05, 0.1) is 14.2 Å². The molecule has 0 atom stereocenters. The molecule has 6 nitrogen and oxygen atoms in total. The number of amides is 1. The molecule has 0 spiro atoms. The van der Waals surface area contributed by atoms with E-state index in [1.165, 1.54) is 11.3 Å². The van der Waals surface area contributed by atoms with Crippen LogP contribution in [0, 0.1) is 0 Å². The number of carbonyl (C=O) groups excluding carboxylic acids is 1. The summed E-state index contributed by atoms with van der Waals surface area (Å²) in [6.45, 7) is 7.44. The monoisotopic (exact) mass is 495 g/mol. The second-order valence-electron chi connectivity index (χ2n) is 6.86. The van der Waals surface area contributed by atoms with Crippen molar-refractivity contribution in [2.24, 2.45) is 0 Å². The summed E-state index contributed by atoms with van der Waals surface area (Å²) < 4.78 is 11.9. The second kappa shape index (κ2) is 12.3. The first kappa shape index (κ1) is 26.3. The first-order chi connectivity index (χ1) is 15.1. The number of ether oxygens (including phenoxy) is 2. The smallest absolute Gasteiger partial charge is 0.260 e. The maximum absolute atomic E-state index is 13.5. The van der Waals surface area contributed by atoms with Gasteiger partial charge in [-0.1, -0.05) is 25.2 Å². The van der Waals surface area contributed by atoms with Gasteiger partial charge in [-0.05, 0) is 55.7 Å². The third-order valence-electron chi connectivity index (χ3n) is 5.25. The first-order valence-electron chi connectivity index (χ1n) is 10.3. The van der Waals surface area contributed by atoms with Crippen LogP contribution in [-0.2, 0) is 0 Å². The molecule has 0 aliphatic heterocycles. The van der Waals surface area contributed by atoms with Gasteiger partial charge in [-0.25, -0.2) is 4.98 Å². The minimum Gasteiger partial charge on any atom is -0.495 e. The van der Waals surface area contributed by atoms with Gasteiger partial charge >= 0.3 is 0 Å².